The topological polar surface area (TPSA) is 86.8 Å². The number of alkyl halides is 3. The zero-order valence-electron chi connectivity index (χ0n) is 15.2. The second kappa shape index (κ2) is 9.18. The van der Waals surface area contributed by atoms with E-state index in [-0.39, 0.29) is 22.9 Å². The fourth-order valence-corrected chi connectivity index (χ4v) is 3.31. The molecule has 0 atom stereocenters. The monoisotopic (exact) mass is 409 g/mol. The summed E-state index contributed by atoms with van der Waals surface area (Å²) in [6.07, 6.45) is -4.54. The van der Waals surface area contributed by atoms with E-state index in [0.29, 0.717) is 13.1 Å². The Hall–Kier alpha value is -2.14. The van der Waals surface area contributed by atoms with Gasteiger partial charge in [0.2, 0.25) is 15.9 Å². The van der Waals surface area contributed by atoms with Crippen LogP contribution in [0.3, 0.4) is 0 Å². The van der Waals surface area contributed by atoms with Crippen LogP contribution >= 0.6 is 0 Å². The number of hydrogen-bond acceptors (Lipinski definition) is 4. The number of nitrogens with zero attached hydrogens (tertiary/aromatic N) is 2. The van der Waals surface area contributed by atoms with Crippen molar-refractivity contribution in [3.63, 3.8) is 0 Å². The molecule has 0 aliphatic carbocycles. The molecular formula is C16H22F3N3O4S. The van der Waals surface area contributed by atoms with Gasteiger partial charge in [-0.05, 0) is 38.1 Å². The normalized spacial score (nSPS) is 12.1. The van der Waals surface area contributed by atoms with Crippen LogP contribution in [0.2, 0.25) is 0 Å². The minimum absolute atomic E-state index is 0.111. The molecule has 0 aliphatic heterocycles. The van der Waals surface area contributed by atoms with Crippen LogP contribution in [0.1, 0.15) is 24.2 Å². The van der Waals surface area contributed by atoms with E-state index in [4.69, 9.17) is 0 Å². The Bertz CT molecular complexity index is 760. The van der Waals surface area contributed by atoms with E-state index >= 15 is 0 Å². The molecule has 7 nitrogen and oxygen atoms in total. The standard InChI is InChI=1S/C16H22F3N3O4S/c1-4-22(5-2)14(23)10-21(3)27(25,26)13-8-6-12(7-9-13)15(24)20-11-16(17,18)19/h6-9H,4-5,10-11H2,1-3H3,(H,20,24). The van der Waals surface area contributed by atoms with Crippen molar-refractivity contribution in [2.75, 3.05) is 33.2 Å². The maximum atomic E-state index is 12.5. The van der Waals surface area contributed by atoms with Crippen molar-refractivity contribution in [1.29, 1.82) is 0 Å². The average Bonchev–Trinajstić information content (AvgIpc) is 2.60. The average molecular weight is 409 g/mol. The first-order valence-corrected chi connectivity index (χ1v) is 9.55. The summed E-state index contributed by atoms with van der Waals surface area (Å²) in [6.45, 7) is 2.62. The molecule has 0 heterocycles. The molecule has 11 heteroatoms. The predicted octanol–water partition coefficient (Wildman–Crippen LogP) is 1.47. The molecule has 2 amide bonds. The Morgan fingerprint density at radius 3 is 2.04 bits per heavy atom. The molecule has 27 heavy (non-hydrogen) atoms. The van der Waals surface area contributed by atoms with Crippen LogP contribution in [-0.4, -0.2) is 68.8 Å². The Morgan fingerprint density at radius 1 is 1.07 bits per heavy atom. The van der Waals surface area contributed by atoms with Crippen molar-refractivity contribution in [2.45, 2.75) is 24.9 Å². The minimum Gasteiger partial charge on any atom is -0.343 e. The van der Waals surface area contributed by atoms with E-state index in [1.165, 1.54) is 11.9 Å². The predicted molar refractivity (Wildman–Crippen MR) is 92.6 cm³/mol. The van der Waals surface area contributed by atoms with Gasteiger partial charge in [0.1, 0.15) is 6.54 Å². The molecule has 0 aromatic heterocycles. The minimum atomic E-state index is -4.54. The number of carbonyl (C=O) groups excluding carboxylic acids is 2. The zero-order chi connectivity index (χ0) is 20.8. The Kier molecular flexibility index (Phi) is 7.78. The van der Waals surface area contributed by atoms with Crippen molar-refractivity contribution in [2.24, 2.45) is 0 Å². The highest BCUT2D eigenvalue weighted by Gasteiger charge is 2.28. The Morgan fingerprint density at radius 2 is 1.59 bits per heavy atom. The summed E-state index contributed by atoms with van der Waals surface area (Å²) in [5.41, 5.74) is -0.111. The number of benzene rings is 1. The Labute approximate surface area is 156 Å². The molecule has 1 aromatic carbocycles. The second-order valence-corrected chi connectivity index (χ2v) is 7.69. The van der Waals surface area contributed by atoms with Gasteiger partial charge in [-0.1, -0.05) is 0 Å². The first kappa shape index (κ1) is 22.9. The number of amides is 2. The summed E-state index contributed by atoms with van der Waals surface area (Å²) in [5, 5.41) is 1.70. The third-order valence-electron chi connectivity index (χ3n) is 3.75. The number of carbonyl (C=O) groups is 2. The highest BCUT2D eigenvalue weighted by atomic mass is 32.2. The van der Waals surface area contributed by atoms with Gasteiger partial charge in [-0.3, -0.25) is 9.59 Å². The van der Waals surface area contributed by atoms with Crippen molar-refractivity contribution >= 4 is 21.8 Å². The lowest BCUT2D eigenvalue weighted by atomic mass is 10.2. The Balaban J connectivity index is 2.86. The van der Waals surface area contributed by atoms with Crippen LogP contribution < -0.4 is 5.32 Å². The summed E-state index contributed by atoms with van der Waals surface area (Å²) in [6, 6.07) is 4.43. The first-order valence-electron chi connectivity index (χ1n) is 8.11. The highest BCUT2D eigenvalue weighted by Crippen LogP contribution is 2.16. The van der Waals surface area contributed by atoms with Gasteiger partial charge in [-0.15, -0.1) is 0 Å². The van der Waals surface area contributed by atoms with Crippen LogP contribution in [0.5, 0.6) is 0 Å². The van der Waals surface area contributed by atoms with E-state index in [2.05, 4.69) is 0 Å². The van der Waals surface area contributed by atoms with Gasteiger partial charge in [0.15, 0.2) is 0 Å². The summed E-state index contributed by atoms with van der Waals surface area (Å²) in [4.78, 5) is 25.0. The summed E-state index contributed by atoms with van der Waals surface area (Å²) in [7, 11) is -2.74. The number of halogens is 3. The van der Waals surface area contributed by atoms with Crippen LogP contribution in [0.25, 0.3) is 0 Å². The van der Waals surface area contributed by atoms with Gasteiger partial charge in [0, 0.05) is 25.7 Å². The second-order valence-electron chi connectivity index (χ2n) is 5.65. The fourth-order valence-electron chi connectivity index (χ4n) is 2.19. The maximum Gasteiger partial charge on any atom is 0.405 e. The number of nitrogens with one attached hydrogen (secondary N) is 1. The van der Waals surface area contributed by atoms with E-state index in [1.807, 2.05) is 0 Å². The van der Waals surface area contributed by atoms with Gasteiger partial charge in [0.25, 0.3) is 5.91 Å². The van der Waals surface area contributed by atoms with Gasteiger partial charge in [-0.2, -0.15) is 17.5 Å². The number of likely N-dealkylation sites (N-methyl/N-ethyl adjacent to an activating group) is 2. The first-order chi connectivity index (χ1) is 12.4. The van der Waals surface area contributed by atoms with Gasteiger partial charge < -0.3 is 10.2 Å². The zero-order valence-corrected chi connectivity index (χ0v) is 16.0. The molecule has 152 valence electrons. The maximum absolute atomic E-state index is 12.5. The summed E-state index contributed by atoms with van der Waals surface area (Å²) < 4.78 is 62.3. The molecule has 0 saturated carbocycles. The van der Waals surface area contributed by atoms with E-state index < -0.39 is 28.7 Å². The van der Waals surface area contributed by atoms with Crippen molar-refractivity contribution in [3.05, 3.63) is 29.8 Å². The van der Waals surface area contributed by atoms with Crippen LogP contribution in [0.15, 0.2) is 29.2 Å². The van der Waals surface area contributed by atoms with E-state index in [1.54, 1.807) is 19.2 Å². The quantitative estimate of drug-likeness (QED) is 0.705. The molecule has 1 rings (SSSR count). The lowest BCUT2D eigenvalue weighted by Gasteiger charge is -2.23. The molecule has 0 aliphatic rings. The lowest BCUT2D eigenvalue weighted by molar-refractivity contribution is -0.130. The molecule has 0 unspecified atom stereocenters. The lowest BCUT2D eigenvalue weighted by Crippen LogP contribution is -2.41. The molecule has 0 radical (unpaired) electrons. The molecule has 0 spiro atoms. The number of hydrogen-bond donors (Lipinski definition) is 1. The molecule has 1 N–H and O–H groups in total. The third-order valence-corrected chi connectivity index (χ3v) is 5.57. The largest absolute Gasteiger partial charge is 0.405 e. The van der Waals surface area contributed by atoms with Gasteiger partial charge >= 0.3 is 6.18 Å². The molecule has 1 aromatic rings. The van der Waals surface area contributed by atoms with E-state index in [0.717, 1.165) is 28.6 Å². The van der Waals surface area contributed by atoms with Crippen molar-refractivity contribution < 1.29 is 31.2 Å². The van der Waals surface area contributed by atoms with Gasteiger partial charge in [0.05, 0.1) is 11.4 Å². The van der Waals surface area contributed by atoms with Crippen molar-refractivity contribution in [3.8, 4) is 0 Å². The summed E-state index contributed by atoms with van der Waals surface area (Å²) in [5.74, 6) is -1.32. The highest BCUT2D eigenvalue weighted by molar-refractivity contribution is 7.89. The van der Waals surface area contributed by atoms with Crippen LogP contribution in [0, 0.1) is 0 Å². The van der Waals surface area contributed by atoms with E-state index in [9.17, 15) is 31.2 Å². The molecule has 0 saturated heterocycles. The summed E-state index contributed by atoms with van der Waals surface area (Å²) >= 11 is 0. The third kappa shape index (κ3) is 6.51. The smallest absolute Gasteiger partial charge is 0.343 e. The molecule has 0 bridgehead atoms. The van der Waals surface area contributed by atoms with Crippen molar-refractivity contribution in [1.82, 2.24) is 14.5 Å². The SMILES string of the molecule is CCN(CC)C(=O)CN(C)S(=O)(=O)c1ccc(C(=O)NCC(F)(F)F)cc1. The van der Waals surface area contributed by atoms with Crippen LogP contribution in [0.4, 0.5) is 13.2 Å². The van der Waals surface area contributed by atoms with Gasteiger partial charge in [-0.25, -0.2) is 8.42 Å². The molecule has 0 fully saturated rings. The fraction of sp³-hybridized carbons (Fsp3) is 0.500. The van der Waals surface area contributed by atoms with Crippen LogP contribution in [-0.2, 0) is 14.8 Å². The number of rotatable bonds is 8. The number of sulfonamides is 1. The molecular weight excluding hydrogens is 387 g/mol.